The highest BCUT2D eigenvalue weighted by Gasteiger charge is 2.50. The molecule has 3 unspecified atom stereocenters. The van der Waals surface area contributed by atoms with Crippen LogP contribution in [0.5, 0.6) is 0 Å². The third kappa shape index (κ3) is 2.41. The second-order valence-corrected chi connectivity index (χ2v) is 8.22. The minimum Gasteiger partial charge on any atom is -0.396 e. The van der Waals surface area contributed by atoms with Crippen molar-refractivity contribution < 1.29 is 5.11 Å². The van der Waals surface area contributed by atoms with Crippen LogP contribution in [0.1, 0.15) is 57.6 Å². The Morgan fingerprint density at radius 3 is 2.30 bits per heavy atom. The van der Waals surface area contributed by atoms with Gasteiger partial charge in [-0.2, -0.15) is 0 Å². The van der Waals surface area contributed by atoms with Crippen molar-refractivity contribution in [3.8, 4) is 0 Å². The Bertz CT molecular complexity index is 468. The van der Waals surface area contributed by atoms with E-state index in [9.17, 15) is 5.11 Å². The van der Waals surface area contributed by atoms with Gasteiger partial charge in [-0.1, -0.05) is 51.5 Å². The predicted molar refractivity (Wildman–Crippen MR) is 83.8 cm³/mol. The molecule has 1 aromatic rings. The van der Waals surface area contributed by atoms with Gasteiger partial charge in [0, 0.05) is 12.0 Å². The summed E-state index contributed by atoms with van der Waals surface area (Å²) in [5.74, 6) is 1.65. The molecule has 0 spiro atoms. The molecular weight excluding hydrogens is 244 g/mol. The van der Waals surface area contributed by atoms with E-state index >= 15 is 0 Å². The van der Waals surface area contributed by atoms with E-state index in [1.165, 1.54) is 36.8 Å². The highest BCUT2D eigenvalue weighted by Crippen LogP contribution is 2.57. The Kier molecular flexibility index (Phi) is 3.44. The molecule has 3 rings (SSSR count). The fourth-order valence-corrected chi connectivity index (χ4v) is 4.55. The fourth-order valence-electron chi connectivity index (χ4n) is 4.55. The number of hydrogen-bond donors (Lipinski definition) is 1. The van der Waals surface area contributed by atoms with Crippen LogP contribution < -0.4 is 0 Å². The Morgan fingerprint density at radius 1 is 1.15 bits per heavy atom. The number of aliphatic hydroxyl groups is 1. The molecule has 0 aliphatic heterocycles. The first-order valence-electron chi connectivity index (χ1n) is 8.13. The zero-order valence-corrected chi connectivity index (χ0v) is 13.2. The van der Waals surface area contributed by atoms with Gasteiger partial charge in [0.2, 0.25) is 0 Å². The van der Waals surface area contributed by atoms with E-state index in [4.69, 9.17) is 0 Å². The summed E-state index contributed by atoms with van der Waals surface area (Å²) in [5, 5.41) is 9.98. The molecule has 1 N–H and O–H groups in total. The summed E-state index contributed by atoms with van der Waals surface area (Å²) < 4.78 is 0. The highest BCUT2D eigenvalue weighted by atomic mass is 16.3. The average molecular weight is 272 g/mol. The summed E-state index contributed by atoms with van der Waals surface area (Å²) >= 11 is 0. The Hall–Kier alpha value is -0.820. The largest absolute Gasteiger partial charge is 0.396 e. The van der Waals surface area contributed by atoms with E-state index in [1.54, 1.807) is 0 Å². The van der Waals surface area contributed by atoms with Gasteiger partial charge in [0.05, 0.1) is 0 Å². The molecule has 2 bridgehead atoms. The van der Waals surface area contributed by atoms with Gasteiger partial charge in [-0.3, -0.25) is 0 Å². The zero-order chi connectivity index (χ0) is 14.4. The topological polar surface area (TPSA) is 20.2 Å². The van der Waals surface area contributed by atoms with E-state index in [1.807, 2.05) is 0 Å². The lowest BCUT2D eigenvalue weighted by molar-refractivity contribution is 0.0651. The number of benzene rings is 1. The Balaban J connectivity index is 1.77. The molecule has 2 aliphatic carbocycles. The molecule has 2 aliphatic rings. The SMILES string of the molecule is CC(C)(C)c1ccc(CC2(CO)CC3CCC2C3)cc1. The van der Waals surface area contributed by atoms with Crippen molar-refractivity contribution in [1.29, 1.82) is 0 Å². The van der Waals surface area contributed by atoms with Crippen molar-refractivity contribution in [3.63, 3.8) is 0 Å². The molecule has 20 heavy (non-hydrogen) atoms. The molecule has 1 aromatic carbocycles. The Labute approximate surface area is 123 Å². The summed E-state index contributed by atoms with van der Waals surface area (Å²) in [6.07, 6.45) is 6.41. The lowest BCUT2D eigenvalue weighted by Crippen LogP contribution is -2.34. The molecule has 0 aromatic heterocycles. The van der Waals surface area contributed by atoms with E-state index in [0.717, 1.165) is 18.3 Å². The monoisotopic (exact) mass is 272 g/mol. The van der Waals surface area contributed by atoms with Crippen molar-refractivity contribution in [2.45, 2.75) is 58.3 Å². The van der Waals surface area contributed by atoms with E-state index in [0.29, 0.717) is 6.61 Å². The van der Waals surface area contributed by atoms with Gasteiger partial charge in [-0.25, -0.2) is 0 Å². The maximum absolute atomic E-state index is 9.98. The molecule has 0 amide bonds. The summed E-state index contributed by atoms with van der Waals surface area (Å²) in [6, 6.07) is 9.11. The third-order valence-electron chi connectivity index (χ3n) is 5.79. The molecule has 0 radical (unpaired) electrons. The van der Waals surface area contributed by atoms with Gasteiger partial charge >= 0.3 is 0 Å². The summed E-state index contributed by atoms with van der Waals surface area (Å²) in [4.78, 5) is 0. The standard InChI is InChI=1S/C19H28O/c1-18(2,3)16-7-4-14(5-8-16)11-19(13-20)12-15-6-9-17(19)10-15/h4-5,7-8,15,17,20H,6,9-13H2,1-3H3. The number of fused-ring (bicyclic) bond motifs is 2. The quantitative estimate of drug-likeness (QED) is 0.868. The van der Waals surface area contributed by atoms with Crippen LogP contribution in [-0.2, 0) is 11.8 Å². The van der Waals surface area contributed by atoms with E-state index in [2.05, 4.69) is 45.0 Å². The second-order valence-electron chi connectivity index (χ2n) is 8.22. The molecule has 1 heteroatoms. The van der Waals surface area contributed by atoms with Crippen molar-refractivity contribution in [2.75, 3.05) is 6.61 Å². The van der Waals surface area contributed by atoms with Gasteiger partial charge in [0.15, 0.2) is 0 Å². The van der Waals surface area contributed by atoms with Gasteiger partial charge in [-0.05, 0) is 54.1 Å². The molecule has 2 saturated carbocycles. The van der Waals surface area contributed by atoms with Crippen LogP contribution >= 0.6 is 0 Å². The first kappa shape index (κ1) is 14.1. The van der Waals surface area contributed by atoms with Gasteiger partial charge in [0.1, 0.15) is 0 Å². The zero-order valence-electron chi connectivity index (χ0n) is 13.2. The van der Waals surface area contributed by atoms with Crippen molar-refractivity contribution in [2.24, 2.45) is 17.3 Å². The maximum Gasteiger partial charge on any atom is 0.0493 e. The van der Waals surface area contributed by atoms with Crippen LogP contribution in [-0.4, -0.2) is 11.7 Å². The molecule has 1 nitrogen and oxygen atoms in total. The number of rotatable bonds is 3. The Morgan fingerprint density at radius 2 is 1.85 bits per heavy atom. The van der Waals surface area contributed by atoms with Crippen molar-refractivity contribution >= 4 is 0 Å². The maximum atomic E-state index is 9.98. The minimum atomic E-state index is 0.187. The fraction of sp³-hybridized carbons (Fsp3) is 0.684. The average Bonchev–Trinajstić information content (AvgIpc) is 2.99. The molecule has 0 saturated heterocycles. The van der Waals surface area contributed by atoms with Gasteiger partial charge in [0.25, 0.3) is 0 Å². The lowest BCUT2D eigenvalue weighted by atomic mass is 9.70. The highest BCUT2D eigenvalue weighted by molar-refractivity contribution is 5.28. The van der Waals surface area contributed by atoms with Crippen molar-refractivity contribution in [3.05, 3.63) is 35.4 Å². The minimum absolute atomic E-state index is 0.187. The van der Waals surface area contributed by atoms with Crippen LogP contribution in [0, 0.1) is 17.3 Å². The van der Waals surface area contributed by atoms with Gasteiger partial charge in [-0.15, -0.1) is 0 Å². The van der Waals surface area contributed by atoms with E-state index < -0.39 is 0 Å². The smallest absolute Gasteiger partial charge is 0.0493 e. The van der Waals surface area contributed by atoms with Crippen LogP contribution in [0.15, 0.2) is 24.3 Å². The normalized spacial score (nSPS) is 32.8. The summed E-state index contributed by atoms with van der Waals surface area (Å²) in [7, 11) is 0. The summed E-state index contributed by atoms with van der Waals surface area (Å²) in [6.45, 7) is 7.14. The van der Waals surface area contributed by atoms with Crippen LogP contribution in [0.4, 0.5) is 0 Å². The van der Waals surface area contributed by atoms with Crippen LogP contribution in [0.2, 0.25) is 0 Å². The summed E-state index contributed by atoms with van der Waals surface area (Å²) in [5.41, 5.74) is 3.21. The molecule has 3 atom stereocenters. The first-order valence-corrected chi connectivity index (χ1v) is 8.13. The van der Waals surface area contributed by atoms with Crippen LogP contribution in [0.3, 0.4) is 0 Å². The lowest BCUT2D eigenvalue weighted by Gasteiger charge is -2.36. The number of hydrogen-bond acceptors (Lipinski definition) is 1. The van der Waals surface area contributed by atoms with Gasteiger partial charge < -0.3 is 5.11 Å². The second kappa shape index (κ2) is 4.87. The predicted octanol–water partition coefficient (Wildman–Crippen LogP) is 4.33. The molecule has 0 heterocycles. The van der Waals surface area contributed by atoms with Crippen molar-refractivity contribution in [1.82, 2.24) is 0 Å². The van der Waals surface area contributed by atoms with E-state index in [-0.39, 0.29) is 10.8 Å². The number of aliphatic hydroxyl groups excluding tert-OH is 1. The molecule has 2 fully saturated rings. The third-order valence-corrected chi connectivity index (χ3v) is 5.79. The molecular formula is C19H28O. The van der Waals surface area contributed by atoms with Crippen LogP contribution in [0.25, 0.3) is 0 Å². The first-order chi connectivity index (χ1) is 9.43. The molecule has 110 valence electrons.